The molecule has 1 N–H and O–H groups in total. The molecule has 1 aliphatic rings. The Morgan fingerprint density at radius 1 is 1.15 bits per heavy atom. The molecule has 0 heterocycles. The van der Waals surface area contributed by atoms with E-state index in [9.17, 15) is 8.78 Å². The van der Waals surface area contributed by atoms with Crippen LogP contribution in [0.5, 0.6) is 0 Å². The number of hydrogen-bond acceptors (Lipinski definition) is 1. The second-order valence-electron chi connectivity index (χ2n) is 4.25. The molecule has 0 aromatic heterocycles. The lowest BCUT2D eigenvalue weighted by atomic mass is 9.93. The molecule has 1 fully saturated rings. The highest BCUT2D eigenvalue weighted by Crippen LogP contribution is 2.26. The molecule has 1 rings (SSSR count). The van der Waals surface area contributed by atoms with Crippen molar-refractivity contribution in [3.8, 4) is 0 Å². The number of hydrogen-bond donors (Lipinski definition) is 1. The van der Waals surface area contributed by atoms with Crippen molar-refractivity contribution in [3.63, 3.8) is 0 Å². The first-order valence-corrected chi connectivity index (χ1v) is 5.16. The van der Waals surface area contributed by atoms with Crippen LogP contribution in [0.2, 0.25) is 0 Å². The van der Waals surface area contributed by atoms with Gasteiger partial charge in [0.25, 0.3) is 6.43 Å². The lowest BCUT2D eigenvalue weighted by Gasteiger charge is -2.29. The van der Waals surface area contributed by atoms with E-state index in [1.165, 1.54) is 25.7 Å². The zero-order valence-corrected chi connectivity index (χ0v) is 8.28. The van der Waals surface area contributed by atoms with Crippen LogP contribution in [0.3, 0.4) is 0 Å². The van der Waals surface area contributed by atoms with Crippen LogP contribution in [0.15, 0.2) is 0 Å². The molecule has 0 aromatic carbocycles. The Morgan fingerprint density at radius 3 is 2.15 bits per heavy atom. The Bertz CT molecular complexity index is 140. The lowest BCUT2D eigenvalue weighted by molar-refractivity contribution is 0.128. The predicted molar refractivity (Wildman–Crippen MR) is 50.1 cm³/mol. The van der Waals surface area contributed by atoms with E-state index in [0.717, 1.165) is 12.8 Å². The molecule has 1 nitrogen and oxygen atoms in total. The summed E-state index contributed by atoms with van der Waals surface area (Å²) in [6.07, 6.45) is 4.72. The van der Waals surface area contributed by atoms with Gasteiger partial charge in [-0.05, 0) is 19.8 Å². The molecule has 0 aromatic rings. The minimum Gasteiger partial charge on any atom is -0.306 e. The van der Waals surface area contributed by atoms with Gasteiger partial charge in [0.1, 0.15) is 0 Å². The maximum Gasteiger partial charge on any atom is 0.250 e. The number of rotatable bonds is 3. The molecule has 0 radical (unpaired) electrons. The summed E-state index contributed by atoms with van der Waals surface area (Å²) >= 11 is 0. The van der Waals surface area contributed by atoms with E-state index in [1.807, 2.05) is 0 Å². The molecule has 0 aliphatic heterocycles. The molecule has 0 atom stereocenters. The third-order valence-corrected chi connectivity index (χ3v) is 2.89. The minimum atomic E-state index is -2.22. The molecular formula is C10H19F2N. The van der Waals surface area contributed by atoms with Crippen LogP contribution in [0, 0.1) is 0 Å². The first-order chi connectivity index (χ1) is 6.12. The zero-order chi connectivity index (χ0) is 9.73. The van der Waals surface area contributed by atoms with Crippen LogP contribution in [-0.4, -0.2) is 18.5 Å². The van der Waals surface area contributed by atoms with Gasteiger partial charge in [-0.25, -0.2) is 8.78 Å². The Balaban J connectivity index is 2.33. The van der Waals surface area contributed by atoms with Crippen LogP contribution >= 0.6 is 0 Å². The van der Waals surface area contributed by atoms with E-state index in [0.29, 0.717) is 0 Å². The third kappa shape index (κ3) is 4.03. The van der Waals surface area contributed by atoms with E-state index in [4.69, 9.17) is 0 Å². The van der Waals surface area contributed by atoms with Crippen molar-refractivity contribution in [2.45, 2.75) is 57.4 Å². The number of halogens is 2. The van der Waals surface area contributed by atoms with E-state index in [2.05, 4.69) is 12.2 Å². The van der Waals surface area contributed by atoms with Gasteiger partial charge in [-0.3, -0.25) is 0 Å². The van der Waals surface area contributed by atoms with E-state index < -0.39 is 6.43 Å². The summed E-state index contributed by atoms with van der Waals surface area (Å²) in [5.41, 5.74) is -0.0348. The summed E-state index contributed by atoms with van der Waals surface area (Å²) in [5.74, 6) is 0. The summed E-state index contributed by atoms with van der Waals surface area (Å²) in [4.78, 5) is 0. The average Bonchev–Trinajstić information content (AvgIpc) is 2.28. The topological polar surface area (TPSA) is 12.0 Å². The molecule has 1 saturated carbocycles. The van der Waals surface area contributed by atoms with Crippen molar-refractivity contribution in [1.82, 2.24) is 5.32 Å². The van der Waals surface area contributed by atoms with Crippen LogP contribution in [0.1, 0.15) is 45.4 Å². The monoisotopic (exact) mass is 191 g/mol. The summed E-state index contributed by atoms with van der Waals surface area (Å²) < 4.78 is 24.0. The quantitative estimate of drug-likeness (QED) is 0.676. The fraction of sp³-hybridized carbons (Fsp3) is 1.00. The van der Waals surface area contributed by atoms with Gasteiger partial charge in [0.2, 0.25) is 0 Å². The van der Waals surface area contributed by atoms with Gasteiger partial charge in [0, 0.05) is 5.54 Å². The Labute approximate surface area is 78.9 Å². The molecule has 0 spiro atoms. The maximum absolute atomic E-state index is 12.0. The van der Waals surface area contributed by atoms with Gasteiger partial charge in [-0.1, -0.05) is 25.7 Å². The average molecular weight is 191 g/mol. The highest BCUT2D eigenvalue weighted by Gasteiger charge is 2.25. The van der Waals surface area contributed by atoms with Crippen molar-refractivity contribution < 1.29 is 8.78 Å². The molecule has 0 saturated heterocycles. The Hall–Kier alpha value is -0.180. The molecule has 0 amide bonds. The maximum atomic E-state index is 12.0. The summed E-state index contributed by atoms with van der Waals surface area (Å²) in [6, 6.07) is 0. The standard InChI is InChI=1S/C10H19F2N/c1-10(13-8-9(11)12)6-4-2-3-5-7-10/h9,13H,2-8H2,1H3. The summed E-state index contributed by atoms with van der Waals surface area (Å²) in [6.45, 7) is 1.91. The predicted octanol–water partition coefficient (Wildman–Crippen LogP) is 2.95. The van der Waals surface area contributed by atoms with Gasteiger partial charge in [0.05, 0.1) is 6.54 Å². The molecule has 0 unspecified atom stereocenters. The van der Waals surface area contributed by atoms with Gasteiger partial charge in [0.15, 0.2) is 0 Å². The molecule has 13 heavy (non-hydrogen) atoms. The second kappa shape index (κ2) is 4.89. The minimum absolute atomic E-state index is 0.0348. The van der Waals surface area contributed by atoms with Crippen molar-refractivity contribution >= 4 is 0 Å². The first kappa shape index (κ1) is 10.9. The van der Waals surface area contributed by atoms with Gasteiger partial charge >= 0.3 is 0 Å². The van der Waals surface area contributed by atoms with E-state index in [-0.39, 0.29) is 12.1 Å². The summed E-state index contributed by atoms with van der Waals surface area (Å²) in [7, 11) is 0. The molecule has 1 aliphatic carbocycles. The van der Waals surface area contributed by atoms with Gasteiger partial charge in [-0.15, -0.1) is 0 Å². The van der Waals surface area contributed by atoms with Crippen molar-refractivity contribution in [1.29, 1.82) is 0 Å². The number of nitrogens with one attached hydrogen (secondary N) is 1. The Morgan fingerprint density at radius 2 is 1.69 bits per heavy atom. The highest BCUT2D eigenvalue weighted by atomic mass is 19.3. The molecule has 0 bridgehead atoms. The smallest absolute Gasteiger partial charge is 0.250 e. The van der Waals surface area contributed by atoms with E-state index in [1.54, 1.807) is 0 Å². The number of alkyl halides is 2. The molecular weight excluding hydrogens is 172 g/mol. The Kier molecular flexibility index (Phi) is 4.10. The van der Waals surface area contributed by atoms with Gasteiger partial charge in [-0.2, -0.15) is 0 Å². The molecule has 3 heteroatoms. The van der Waals surface area contributed by atoms with Crippen molar-refractivity contribution in [3.05, 3.63) is 0 Å². The van der Waals surface area contributed by atoms with Crippen molar-refractivity contribution in [2.24, 2.45) is 0 Å². The highest BCUT2D eigenvalue weighted by molar-refractivity contribution is 4.84. The van der Waals surface area contributed by atoms with Crippen LogP contribution < -0.4 is 5.32 Å². The fourth-order valence-electron chi connectivity index (χ4n) is 2.01. The van der Waals surface area contributed by atoms with E-state index >= 15 is 0 Å². The van der Waals surface area contributed by atoms with Crippen molar-refractivity contribution in [2.75, 3.05) is 6.54 Å². The van der Waals surface area contributed by atoms with Gasteiger partial charge < -0.3 is 5.32 Å². The van der Waals surface area contributed by atoms with Crippen LogP contribution in [0.4, 0.5) is 8.78 Å². The fourth-order valence-corrected chi connectivity index (χ4v) is 2.01. The molecule has 78 valence electrons. The first-order valence-electron chi connectivity index (χ1n) is 5.16. The van der Waals surface area contributed by atoms with Crippen LogP contribution in [0.25, 0.3) is 0 Å². The third-order valence-electron chi connectivity index (χ3n) is 2.89. The normalized spacial score (nSPS) is 23.1. The second-order valence-corrected chi connectivity index (χ2v) is 4.25. The largest absolute Gasteiger partial charge is 0.306 e. The SMILES string of the molecule is CC1(NCC(F)F)CCCCCC1. The van der Waals surface area contributed by atoms with Crippen LogP contribution in [-0.2, 0) is 0 Å². The lowest BCUT2D eigenvalue weighted by Crippen LogP contribution is -2.44. The summed E-state index contributed by atoms with van der Waals surface area (Å²) in [5, 5.41) is 2.99. The zero-order valence-electron chi connectivity index (χ0n) is 8.28.